The largest absolute Gasteiger partial charge is 0.405 e. The lowest BCUT2D eigenvalue weighted by molar-refractivity contribution is -0.138. The average molecular weight is 295 g/mol. The zero-order valence-corrected chi connectivity index (χ0v) is 11.1. The van der Waals surface area contributed by atoms with Gasteiger partial charge in [0.05, 0.1) is 17.7 Å². The quantitative estimate of drug-likeness (QED) is 0.908. The first-order chi connectivity index (χ1) is 8.70. The molecule has 0 bridgehead atoms. The Morgan fingerprint density at radius 2 is 2.11 bits per heavy atom. The van der Waals surface area contributed by atoms with Gasteiger partial charge in [-0.05, 0) is 6.92 Å². The van der Waals surface area contributed by atoms with E-state index in [4.69, 9.17) is 0 Å². The molecule has 1 N–H and O–H groups in total. The minimum absolute atomic E-state index is 0.367. The van der Waals surface area contributed by atoms with E-state index in [0.29, 0.717) is 10.6 Å². The Labute approximate surface area is 111 Å². The van der Waals surface area contributed by atoms with E-state index in [1.54, 1.807) is 12.2 Å². The van der Waals surface area contributed by atoms with Crippen LogP contribution >= 0.6 is 11.3 Å². The smallest absolute Gasteiger partial charge is 0.345 e. The van der Waals surface area contributed by atoms with Gasteiger partial charge >= 0.3 is 6.18 Å². The van der Waals surface area contributed by atoms with Gasteiger partial charge in [0, 0.05) is 7.05 Å². The Morgan fingerprint density at radius 3 is 2.58 bits per heavy atom. The molecule has 2 amide bonds. The van der Waals surface area contributed by atoms with Gasteiger partial charge in [0.25, 0.3) is 5.91 Å². The van der Waals surface area contributed by atoms with Crippen molar-refractivity contribution in [1.82, 2.24) is 15.2 Å². The number of likely N-dealkylation sites (N-methyl/N-ethyl adjacent to an activating group) is 1. The molecule has 0 saturated carbocycles. The second kappa shape index (κ2) is 6.00. The van der Waals surface area contributed by atoms with Gasteiger partial charge in [-0.25, -0.2) is 4.98 Å². The van der Waals surface area contributed by atoms with E-state index in [2.05, 4.69) is 4.98 Å². The highest BCUT2D eigenvalue weighted by molar-refractivity contribution is 7.11. The number of nitrogens with zero attached hydrogens (tertiary/aromatic N) is 2. The van der Waals surface area contributed by atoms with E-state index >= 15 is 0 Å². The molecular formula is C10H12F3N3O2S. The van der Waals surface area contributed by atoms with E-state index in [1.165, 1.54) is 12.6 Å². The van der Waals surface area contributed by atoms with E-state index in [1.807, 2.05) is 0 Å². The van der Waals surface area contributed by atoms with Crippen LogP contribution in [0.3, 0.4) is 0 Å². The summed E-state index contributed by atoms with van der Waals surface area (Å²) in [7, 11) is 1.34. The number of hydrogen-bond donors (Lipinski definition) is 1. The molecule has 9 heteroatoms. The van der Waals surface area contributed by atoms with Crippen molar-refractivity contribution in [3.8, 4) is 0 Å². The van der Waals surface area contributed by atoms with Crippen molar-refractivity contribution in [2.24, 2.45) is 0 Å². The number of aryl methyl sites for hydroxylation is 1. The van der Waals surface area contributed by atoms with Crippen molar-refractivity contribution in [2.45, 2.75) is 13.1 Å². The van der Waals surface area contributed by atoms with Gasteiger partial charge in [-0.3, -0.25) is 9.59 Å². The Kier molecular flexibility index (Phi) is 4.87. The molecule has 1 aromatic rings. The normalized spacial score (nSPS) is 11.2. The van der Waals surface area contributed by atoms with Crippen LogP contribution in [0, 0.1) is 6.92 Å². The lowest BCUT2D eigenvalue weighted by atomic mass is 10.3. The number of hydrogen-bond acceptors (Lipinski definition) is 4. The summed E-state index contributed by atoms with van der Waals surface area (Å²) in [6.45, 7) is -0.207. The Morgan fingerprint density at radius 1 is 1.47 bits per heavy atom. The zero-order valence-electron chi connectivity index (χ0n) is 10.2. The minimum atomic E-state index is -4.47. The molecule has 1 aromatic heterocycles. The first-order valence-electron chi connectivity index (χ1n) is 5.19. The second-order valence-electron chi connectivity index (χ2n) is 3.82. The molecule has 1 heterocycles. The number of nitrogens with one attached hydrogen (secondary N) is 1. The summed E-state index contributed by atoms with van der Waals surface area (Å²) >= 11 is 1.12. The molecule has 0 aliphatic rings. The van der Waals surface area contributed by atoms with Crippen molar-refractivity contribution in [1.29, 1.82) is 0 Å². The Balaban J connectivity index is 2.51. The molecule has 19 heavy (non-hydrogen) atoms. The van der Waals surface area contributed by atoms with Crippen molar-refractivity contribution in [3.63, 3.8) is 0 Å². The zero-order chi connectivity index (χ0) is 14.6. The van der Waals surface area contributed by atoms with Gasteiger partial charge < -0.3 is 10.2 Å². The van der Waals surface area contributed by atoms with Crippen LogP contribution in [0.4, 0.5) is 13.2 Å². The van der Waals surface area contributed by atoms with Crippen LogP contribution in [0.5, 0.6) is 0 Å². The fourth-order valence-corrected chi connectivity index (χ4v) is 2.02. The maximum atomic E-state index is 11.9. The summed E-state index contributed by atoms with van der Waals surface area (Å²) in [5, 5.41) is 1.70. The number of rotatable bonds is 4. The van der Waals surface area contributed by atoms with Gasteiger partial charge in [-0.1, -0.05) is 0 Å². The third kappa shape index (κ3) is 4.86. The molecule has 1 rings (SSSR count). The summed E-state index contributed by atoms with van der Waals surface area (Å²) in [5.41, 5.74) is 2.01. The summed E-state index contributed by atoms with van der Waals surface area (Å²) in [5.74, 6) is -1.31. The van der Waals surface area contributed by atoms with E-state index in [0.717, 1.165) is 16.2 Å². The van der Waals surface area contributed by atoms with Crippen LogP contribution in [0.1, 0.15) is 15.4 Å². The van der Waals surface area contributed by atoms with Gasteiger partial charge in [0.1, 0.15) is 11.4 Å². The second-order valence-corrected chi connectivity index (χ2v) is 4.67. The number of carbonyl (C=O) groups excluding carboxylic acids is 2. The van der Waals surface area contributed by atoms with Crippen LogP contribution in [-0.4, -0.2) is 48.0 Å². The Hall–Kier alpha value is -1.64. The van der Waals surface area contributed by atoms with E-state index in [9.17, 15) is 22.8 Å². The van der Waals surface area contributed by atoms with Gasteiger partial charge in [-0.2, -0.15) is 13.2 Å². The van der Waals surface area contributed by atoms with Crippen molar-refractivity contribution < 1.29 is 22.8 Å². The molecule has 0 saturated heterocycles. The van der Waals surface area contributed by atoms with Gasteiger partial charge in [0.15, 0.2) is 0 Å². The summed E-state index contributed by atoms with van der Waals surface area (Å²) < 4.78 is 35.7. The van der Waals surface area contributed by atoms with E-state index < -0.39 is 31.1 Å². The highest BCUT2D eigenvalue weighted by atomic mass is 32.1. The fraction of sp³-hybridized carbons (Fsp3) is 0.500. The van der Waals surface area contributed by atoms with Crippen LogP contribution in [0.2, 0.25) is 0 Å². The fourth-order valence-electron chi connectivity index (χ4n) is 1.22. The van der Waals surface area contributed by atoms with Crippen molar-refractivity contribution >= 4 is 23.2 Å². The summed E-state index contributed by atoms with van der Waals surface area (Å²) in [4.78, 5) is 28.4. The summed E-state index contributed by atoms with van der Waals surface area (Å²) in [6, 6.07) is 0. The molecule has 0 aliphatic heterocycles. The third-order valence-electron chi connectivity index (χ3n) is 2.15. The van der Waals surface area contributed by atoms with Crippen LogP contribution in [-0.2, 0) is 4.79 Å². The van der Waals surface area contributed by atoms with E-state index in [-0.39, 0.29) is 0 Å². The topological polar surface area (TPSA) is 62.3 Å². The highest BCUT2D eigenvalue weighted by Crippen LogP contribution is 2.14. The molecule has 0 radical (unpaired) electrons. The maximum absolute atomic E-state index is 11.9. The van der Waals surface area contributed by atoms with Gasteiger partial charge in [0.2, 0.25) is 5.91 Å². The highest BCUT2D eigenvalue weighted by Gasteiger charge is 2.28. The minimum Gasteiger partial charge on any atom is -0.345 e. The lowest BCUT2D eigenvalue weighted by Crippen LogP contribution is -2.41. The number of amides is 2. The maximum Gasteiger partial charge on any atom is 0.405 e. The first-order valence-corrected chi connectivity index (χ1v) is 6.07. The number of carbonyl (C=O) groups is 2. The molecule has 0 unspecified atom stereocenters. The molecule has 0 fully saturated rings. The number of thiazole rings is 1. The molecule has 106 valence electrons. The summed E-state index contributed by atoms with van der Waals surface area (Å²) in [6.07, 6.45) is -4.47. The molecular weight excluding hydrogens is 283 g/mol. The van der Waals surface area contributed by atoms with Crippen LogP contribution < -0.4 is 5.32 Å². The van der Waals surface area contributed by atoms with Crippen molar-refractivity contribution in [3.05, 3.63) is 16.1 Å². The third-order valence-corrected chi connectivity index (χ3v) is 3.07. The number of aromatic nitrogens is 1. The predicted octanol–water partition coefficient (Wildman–Crippen LogP) is 1.20. The Bertz CT molecular complexity index is 473. The SMILES string of the molecule is Cc1ncsc1C(=O)N(C)CC(=O)NCC(F)(F)F. The molecule has 0 aliphatic carbocycles. The number of halogens is 3. The monoisotopic (exact) mass is 295 g/mol. The standard InChI is InChI=1S/C10H12F3N3O2S/c1-6-8(19-5-15-6)9(18)16(2)3-7(17)14-4-10(11,12)13/h5H,3-4H2,1-2H3,(H,14,17). The molecule has 5 nitrogen and oxygen atoms in total. The first kappa shape index (κ1) is 15.4. The van der Waals surface area contributed by atoms with Crippen LogP contribution in [0.25, 0.3) is 0 Å². The average Bonchev–Trinajstić information content (AvgIpc) is 2.71. The lowest BCUT2D eigenvalue weighted by Gasteiger charge is -2.16. The molecule has 0 atom stereocenters. The number of alkyl halides is 3. The molecule has 0 spiro atoms. The molecule has 0 aromatic carbocycles. The van der Waals surface area contributed by atoms with Crippen molar-refractivity contribution in [2.75, 3.05) is 20.1 Å². The predicted molar refractivity (Wildman–Crippen MR) is 62.9 cm³/mol. The van der Waals surface area contributed by atoms with Gasteiger partial charge in [-0.15, -0.1) is 11.3 Å². The van der Waals surface area contributed by atoms with Crippen LogP contribution in [0.15, 0.2) is 5.51 Å².